The molecule has 3 aliphatic heterocycles. The maximum Gasteiger partial charge on any atom is 0.407 e. The monoisotopic (exact) mass is 1350 g/mol. The van der Waals surface area contributed by atoms with E-state index in [0.29, 0.717) is 47.5 Å². The van der Waals surface area contributed by atoms with Crippen LogP contribution in [0.2, 0.25) is 0 Å². The van der Waals surface area contributed by atoms with Gasteiger partial charge in [0.2, 0.25) is 47.3 Å². The molecule has 4 aromatic rings. The van der Waals surface area contributed by atoms with Crippen molar-refractivity contribution in [3.8, 4) is 11.5 Å². The number of aromatic nitrogens is 2. The summed E-state index contributed by atoms with van der Waals surface area (Å²) in [4.78, 5) is 199. The van der Waals surface area contributed by atoms with Crippen molar-refractivity contribution >= 4 is 98.9 Å². The first-order valence-corrected chi connectivity index (χ1v) is 32.2. The number of carbonyl (C=O) groups is 13. The van der Waals surface area contributed by atoms with Gasteiger partial charge in [0.1, 0.15) is 66.6 Å². The average molecular weight is 1350 g/mol. The van der Waals surface area contributed by atoms with E-state index in [2.05, 4.69) is 36.6 Å². The van der Waals surface area contributed by atoms with Gasteiger partial charge in [0.05, 0.1) is 37.2 Å². The molecule has 31 heteroatoms. The molecule has 524 valence electrons. The van der Waals surface area contributed by atoms with Crippen molar-refractivity contribution < 1.29 is 86.8 Å². The van der Waals surface area contributed by atoms with Crippen molar-refractivity contribution in [1.82, 2.24) is 66.0 Å². The number of alkyl carbamates (subject to hydrolysis) is 1. The number of aromatic hydroxyl groups is 2. The van der Waals surface area contributed by atoms with Gasteiger partial charge in [-0.2, -0.15) is 0 Å². The normalized spacial score (nSPS) is 22.0. The molecule has 0 unspecified atom stereocenters. The highest BCUT2D eigenvalue weighted by Gasteiger charge is 2.42. The van der Waals surface area contributed by atoms with Gasteiger partial charge in [0.15, 0.2) is 11.4 Å². The van der Waals surface area contributed by atoms with Gasteiger partial charge < -0.3 is 80.4 Å². The summed E-state index contributed by atoms with van der Waals surface area (Å²) in [7, 11) is 5.09. The van der Waals surface area contributed by atoms with Gasteiger partial charge in [-0.3, -0.25) is 47.9 Å². The van der Waals surface area contributed by atoms with Crippen LogP contribution in [0.1, 0.15) is 113 Å². The van der Waals surface area contributed by atoms with Gasteiger partial charge in [-0.05, 0) is 109 Å². The van der Waals surface area contributed by atoms with Crippen LogP contribution in [-0.4, -0.2) is 256 Å². The molecular weight excluding hydrogens is 1260 g/mol. The molecule has 6 atom stereocenters. The summed E-state index contributed by atoms with van der Waals surface area (Å²) < 4.78 is 16.9. The second-order valence-electron chi connectivity index (χ2n) is 25.6. The summed E-state index contributed by atoms with van der Waals surface area (Å²) in [5, 5.41) is 35.7. The number of esters is 2. The Kier molecular flexibility index (Phi) is 25.6. The number of para-hydroxylation sites is 2. The highest BCUT2D eigenvalue weighted by molar-refractivity contribution is 6.03. The number of benzene rings is 2. The summed E-state index contributed by atoms with van der Waals surface area (Å²) in [6.07, 6.45) is 1.35. The van der Waals surface area contributed by atoms with Gasteiger partial charge >= 0.3 is 18.0 Å². The number of likely N-dealkylation sites (N-methyl/N-ethyl adjacent to an activating group) is 4. The first kappa shape index (κ1) is 74.2. The Bertz CT molecular complexity index is 3630. The van der Waals surface area contributed by atoms with E-state index in [0.717, 1.165) is 29.4 Å². The quantitative estimate of drug-likeness (QED) is 0.0664. The third kappa shape index (κ3) is 19.7. The first-order chi connectivity index (χ1) is 45.9. The van der Waals surface area contributed by atoms with E-state index in [9.17, 15) is 72.5 Å². The highest BCUT2D eigenvalue weighted by atomic mass is 16.6. The van der Waals surface area contributed by atoms with E-state index in [1.165, 1.54) is 40.3 Å². The molecule has 7 rings (SSSR count). The molecule has 0 bridgehead atoms. The van der Waals surface area contributed by atoms with Crippen molar-refractivity contribution in [3.63, 3.8) is 0 Å². The van der Waals surface area contributed by atoms with Crippen molar-refractivity contribution in [2.45, 2.75) is 134 Å². The van der Waals surface area contributed by atoms with Crippen molar-refractivity contribution in [1.29, 1.82) is 0 Å². The zero-order valence-electron chi connectivity index (χ0n) is 56.0. The predicted octanol–water partition coefficient (Wildman–Crippen LogP) is 1.11. The molecule has 3 aliphatic rings. The molecule has 0 spiro atoms. The molecule has 2 aromatic carbocycles. The predicted molar refractivity (Wildman–Crippen MR) is 347 cm³/mol. The van der Waals surface area contributed by atoms with E-state index in [1.54, 1.807) is 83.1 Å². The average Bonchev–Trinajstić information content (AvgIpc) is 0.832. The smallest absolute Gasteiger partial charge is 0.407 e. The fourth-order valence-electron chi connectivity index (χ4n) is 11.5. The lowest BCUT2D eigenvalue weighted by Gasteiger charge is -2.37. The fraction of sp³-hybridized carbons (Fsp3) is 0.530. The number of amides is 11. The van der Waals surface area contributed by atoms with Crippen LogP contribution >= 0.6 is 0 Å². The molecular formula is C66H87N13O18. The largest absolute Gasteiger partial charge is 0.505 e. The molecule has 2 aromatic heterocycles. The summed E-state index contributed by atoms with van der Waals surface area (Å²) >= 11 is 0. The SMILES string of the molecule is CC(C)[C@H]1C(=O)OC[C@@H](NC(=O)c2nc3ccccc3cc2O)C(=O)N2CCCC[C@H]2C(=O)NCC(=O)N(C)CC(=O)N(C)[C@@H](CCCCNC(=O)OC(C)(C)C)C(=O)OC[C@@H](NC(=O)c2nc3ccccc3cc2O)C(=O)N2CCCC[C@H]2C(=O)NCC(=O)N(C)CC(=O)N1C. The molecule has 5 heterocycles. The van der Waals surface area contributed by atoms with Gasteiger partial charge in [0, 0.05) is 58.6 Å². The van der Waals surface area contributed by atoms with Crippen LogP contribution in [-0.2, 0) is 62.2 Å². The van der Waals surface area contributed by atoms with Gasteiger partial charge in [-0.1, -0.05) is 50.2 Å². The fourth-order valence-corrected chi connectivity index (χ4v) is 11.5. The van der Waals surface area contributed by atoms with Crippen LogP contribution in [0.3, 0.4) is 0 Å². The van der Waals surface area contributed by atoms with E-state index in [1.807, 2.05) is 0 Å². The van der Waals surface area contributed by atoms with Crippen LogP contribution in [0.15, 0.2) is 60.7 Å². The minimum absolute atomic E-state index is 0.0466. The Morgan fingerprint density at radius 1 is 0.619 bits per heavy atom. The number of hydrogen-bond donors (Lipinski definition) is 7. The number of pyridine rings is 2. The Balaban J connectivity index is 1.19. The maximum atomic E-state index is 15.0. The Morgan fingerprint density at radius 3 is 1.52 bits per heavy atom. The second-order valence-corrected chi connectivity index (χ2v) is 25.6. The topological polar surface area (TPSA) is 395 Å². The molecule has 97 heavy (non-hydrogen) atoms. The number of nitrogens with one attached hydrogen (secondary N) is 5. The molecule has 0 saturated carbocycles. The zero-order chi connectivity index (χ0) is 71.0. The Labute approximate surface area is 560 Å². The maximum absolute atomic E-state index is 15.0. The lowest BCUT2D eigenvalue weighted by Crippen LogP contribution is -2.59. The standard InChI is InChI=1S/C66H87N13O18/c1-38(2)56-64(93)96-37-44(73-60(89)55-49(81)31-40-21-11-13-23-42(40)71-55)62(91)79-29-19-16-25-46(79)58(87)68-32-50(82)74(6)34-52(84)76(8)47(26-14-17-27-67-65(94)97-66(3,4)5)63(92)95-36-43(72-59(88)54-48(80)30-39-20-10-12-22-41(39)70-54)61(90)78-28-18-15-24-45(78)57(86)69-33-51(83)75(7)35-53(85)77(56)9/h10-13,20-23,30-31,38,43-47,56,80-81H,14-19,24-29,32-37H2,1-9H3,(H,67,94)(H,68,87)(H,69,86)(H,72,88)(H,73,89)/t43-,44-,45+,46+,47+,56+/m1/s1. The number of rotatable bonds is 10. The van der Waals surface area contributed by atoms with Gasteiger partial charge in [0.25, 0.3) is 11.8 Å². The molecule has 3 saturated heterocycles. The molecule has 3 fully saturated rings. The summed E-state index contributed by atoms with van der Waals surface area (Å²) in [5.41, 5.74) is -1.16. The van der Waals surface area contributed by atoms with Crippen LogP contribution in [0.25, 0.3) is 21.8 Å². The van der Waals surface area contributed by atoms with E-state index >= 15 is 0 Å². The minimum atomic E-state index is -1.79. The van der Waals surface area contributed by atoms with Gasteiger partial charge in [-0.15, -0.1) is 0 Å². The summed E-state index contributed by atoms with van der Waals surface area (Å²) in [5.74, 6) is -12.6. The number of nitrogens with zero attached hydrogens (tertiary/aromatic N) is 8. The third-order valence-electron chi connectivity index (χ3n) is 16.8. The molecule has 31 nitrogen and oxygen atoms in total. The van der Waals surface area contributed by atoms with Crippen molar-refractivity contribution in [2.75, 3.05) is 87.2 Å². The number of fused-ring (bicyclic) bond motifs is 4. The molecule has 7 N–H and O–H groups in total. The number of piperidine rings is 2. The van der Waals surface area contributed by atoms with Crippen molar-refractivity contribution in [2.24, 2.45) is 5.92 Å². The Hall–Kier alpha value is -10.2. The van der Waals surface area contributed by atoms with E-state index in [4.69, 9.17) is 14.2 Å². The summed E-state index contributed by atoms with van der Waals surface area (Å²) in [6.45, 7) is 3.77. The minimum Gasteiger partial charge on any atom is -0.505 e. The van der Waals surface area contributed by atoms with Crippen LogP contribution in [0, 0.1) is 5.92 Å². The highest BCUT2D eigenvalue weighted by Crippen LogP contribution is 2.26. The number of carbonyl (C=O) groups excluding carboxylic acids is 13. The van der Waals surface area contributed by atoms with E-state index in [-0.39, 0.29) is 51.7 Å². The van der Waals surface area contributed by atoms with Crippen LogP contribution < -0.4 is 26.6 Å². The molecule has 0 radical (unpaired) electrons. The van der Waals surface area contributed by atoms with Crippen molar-refractivity contribution in [3.05, 3.63) is 72.1 Å². The zero-order valence-corrected chi connectivity index (χ0v) is 56.0. The van der Waals surface area contributed by atoms with Gasteiger partial charge in [-0.25, -0.2) is 24.4 Å². The summed E-state index contributed by atoms with van der Waals surface area (Å²) in [6, 6.07) is 6.88. The number of cyclic esters (lactones) is 2. The molecule has 11 amide bonds. The van der Waals surface area contributed by atoms with Crippen LogP contribution in [0.4, 0.5) is 4.79 Å². The lowest BCUT2D eigenvalue weighted by molar-refractivity contribution is -0.159. The molecule has 0 aliphatic carbocycles. The van der Waals surface area contributed by atoms with E-state index < -0.39 is 187 Å². The number of unbranched alkanes of at least 4 members (excludes halogenated alkanes) is 1. The first-order valence-electron chi connectivity index (χ1n) is 32.2. The van der Waals surface area contributed by atoms with Crippen LogP contribution in [0.5, 0.6) is 11.5 Å². The number of ether oxygens (including phenoxy) is 3. The third-order valence-corrected chi connectivity index (χ3v) is 16.8. The lowest BCUT2D eigenvalue weighted by atomic mass is 10.00. The second kappa shape index (κ2) is 33.4. The number of hydrogen-bond acceptors (Lipinski definition) is 20. The Morgan fingerprint density at radius 2 is 1.06 bits per heavy atom.